The molecule has 1 aliphatic heterocycles. The standard InChI is InChI=1S/C10H24NO2PSi2/c1-9-10(2)13-14(12-9)11(15(3,4)5)16(6,7)8/h1-8H3. The Morgan fingerprint density at radius 1 is 0.812 bits per heavy atom. The molecule has 16 heavy (non-hydrogen) atoms. The molecule has 1 heterocycles. The molecule has 0 aromatic heterocycles. The van der Waals surface area contributed by atoms with Gasteiger partial charge in [0.2, 0.25) is 0 Å². The van der Waals surface area contributed by atoms with E-state index in [9.17, 15) is 0 Å². The highest BCUT2D eigenvalue weighted by Crippen LogP contribution is 2.56. The van der Waals surface area contributed by atoms with Crippen LogP contribution >= 0.6 is 8.53 Å². The van der Waals surface area contributed by atoms with Crippen LogP contribution in [0.2, 0.25) is 39.3 Å². The summed E-state index contributed by atoms with van der Waals surface area (Å²) in [6.07, 6.45) is 0. The van der Waals surface area contributed by atoms with Gasteiger partial charge in [-0.15, -0.1) is 0 Å². The lowest BCUT2D eigenvalue weighted by atomic mass is 10.5. The van der Waals surface area contributed by atoms with Crippen molar-refractivity contribution in [3.05, 3.63) is 11.5 Å². The van der Waals surface area contributed by atoms with Crippen LogP contribution in [-0.4, -0.2) is 20.5 Å². The summed E-state index contributed by atoms with van der Waals surface area (Å²) < 4.78 is 14.4. The van der Waals surface area contributed by atoms with Crippen molar-refractivity contribution in [2.24, 2.45) is 0 Å². The highest BCUT2D eigenvalue weighted by Gasteiger charge is 2.45. The Labute approximate surface area is 103 Å². The first-order valence-electron chi connectivity index (χ1n) is 5.67. The van der Waals surface area contributed by atoms with Crippen molar-refractivity contribution in [2.75, 3.05) is 0 Å². The van der Waals surface area contributed by atoms with Crippen molar-refractivity contribution in [3.8, 4) is 0 Å². The molecule has 0 spiro atoms. The smallest absolute Gasteiger partial charge is 0.369 e. The first-order chi connectivity index (χ1) is 7.03. The molecule has 0 fully saturated rings. The van der Waals surface area contributed by atoms with Crippen LogP contribution in [0.15, 0.2) is 11.5 Å². The van der Waals surface area contributed by atoms with E-state index in [1.165, 1.54) is 0 Å². The monoisotopic (exact) mass is 277 g/mol. The average molecular weight is 277 g/mol. The molecule has 0 aliphatic carbocycles. The topological polar surface area (TPSA) is 21.7 Å². The zero-order chi connectivity index (χ0) is 12.7. The van der Waals surface area contributed by atoms with Crippen molar-refractivity contribution < 1.29 is 9.05 Å². The van der Waals surface area contributed by atoms with Gasteiger partial charge in [-0.1, -0.05) is 39.3 Å². The molecule has 0 saturated carbocycles. The van der Waals surface area contributed by atoms with Gasteiger partial charge in [0.1, 0.15) is 28.0 Å². The van der Waals surface area contributed by atoms with Crippen LogP contribution in [0.5, 0.6) is 0 Å². The van der Waals surface area contributed by atoms with E-state index in [0.29, 0.717) is 0 Å². The van der Waals surface area contributed by atoms with Gasteiger partial charge in [-0.3, -0.25) is 4.00 Å². The maximum absolute atomic E-state index is 5.91. The zero-order valence-corrected chi connectivity index (χ0v) is 14.6. The molecule has 0 aromatic carbocycles. The van der Waals surface area contributed by atoms with Crippen LogP contribution in [0.25, 0.3) is 0 Å². The Kier molecular flexibility index (Phi) is 3.95. The lowest BCUT2D eigenvalue weighted by Crippen LogP contribution is -2.55. The van der Waals surface area contributed by atoms with Crippen molar-refractivity contribution >= 4 is 25.0 Å². The molecule has 0 saturated heterocycles. The quantitative estimate of drug-likeness (QED) is 0.560. The molecule has 0 aromatic rings. The molecule has 0 amide bonds. The predicted octanol–water partition coefficient (Wildman–Crippen LogP) is 4.48. The van der Waals surface area contributed by atoms with Gasteiger partial charge in [0.25, 0.3) is 0 Å². The summed E-state index contributed by atoms with van der Waals surface area (Å²) in [5.41, 5.74) is 0. The Hall–Kier alpha value is 0.164. The van der Waals surface area contributed by atoms with Crippen molar-refractivity contribution in [1.82, 2.24) is 4.00 Å². The Morgan fingerprint density at radius 2 is 1.12 bits per heavy atom. The molecule has 0 bridgehead atoms. The van der Waals surface area contributed by atoms with Crippen LogP contribution < -0.4 is 0 Å². The first-order valence-corrected chi connectivity index (χ1v) is 13.7. The van der Waals surface area contributed by atoms with E-state index in [4.69, 9.17) is 9.05 Å². The molecule has 1 aliphatic rings. The summed E-state index contributed by atoms with van der Waals surface area (Å²) in [7, 11) is -3.68. The van der Waals surface area contributed by atoms with Crippen LogP contribution in [0.3, 0.4) is 0 Å². The second-order valence-corrected chi connectivity index (χ2v) is 18.2. The molecule has 94 valence electrons. The summed E-state index contributed by atoms with van der Waals surface area (Å²) in [6.45, 7) is 18.2. The fourth-order valence-corrected chi connectivity index (χ4v) is 15.3. The summed E-state index contributed by atoms with van der Waals surface area (Å²) in [4.78, 5) is 0. The van der Waals surface area contributed by atoms with Gasteiger partial charge < -0.3 is 9.05 Å². The van der Waals surface area contributed by atoms with Crippen LogP contribution in [0.4, 0.5) is 0 Å². The molecule has 0 N–H and O–H groups in total. The summed E-state index contributed by atoms with van der Waals surface area (Å²) >= 11 is 0. The summed E-state index contributed by atoms with van der Waals surface area (Å²) in [5.74, 6) is 1.90. The van der Waals surface area contributed by atoms with Crippen LogP contribution in [0, 0.1) is 0 Å². The second-order valence-electron chi connectivity index (χ2n) is 6.19. The van der Waals surface area contributed by atoms with Crippen molar-refractivity contribution in [3.63, 3.8) is 0 Å². The number of allylic oxidation sites excluding steroid dienone is 2. The minimum atomic E-state index is -1.40. The SMILES string of the molecule is CC1=C(C)OP(N([Si](C)(C)C)[Si](C)(C)C)O1. The third-order valence-corrected chi connectivity index (χ3v) is 14.7. The average Bonchev–Trinajstić information content (AvgIpc) is 2.24. The maximum atomic E-state index is 5.91. The lowest BCUT2D eigenvalue weighted by molar-refractivity contribution is 0.417. The van der Waals surface area contributed by atoms with E-state index >= 15 is 0 Å². The molecule has 1 rings (SSSR count). The number of hydrogen-bond acceptors (Lipinski definition) is 3. The summed E-state index contributed by atoms with van der Waals surface area (Å²) in [6, 6.07) is 0. The van der Waals surface area contributed by atoms with E-state index in [2.05, 4.69) is 43.3 Å². The van der Waals surface area contributed by atoms with Gasteiger partial charge in [0.05, 0.1) is 0 Å². The molecule has 0 atom stereocenters. The van der Waals surface area contributed by atoms with E-state index < -0.39 is 25.0 Å². The highest BCUT2D eigenvalue weighted by molar-refractivity contribution is 7.51. The third kappa shape index (κ3) is 3.09. The van der Waals surface area contributed by atoms with Gasteiger partial charge >= 0.3 is 8.53 Å². The Morgan fingerprint density at radius 3 is 1.38 bits per heavy atom. The van der Waals surface area contributed by atoms with Gasteiger partial charge in [-0.05, 0) is 13.8 Å². The third-order valence-electron chi connectivity index (χ3n) is 2.36. The predicted molar refractivity (Wildman–Crippen MR) is 76.0 cm³/mol. The molecule has 0 radical (unpaired) electrons. The van der Waals surface area contributed by atoms with E-state index in [1.54, 1.807) is 0 Å². The first kappa shape index (κ1) is 14.2. The normalized spacial score (nSPS) is 19.1. The largest absolute Gasteiger partial charge is 0.429 e. The number of nitrogens with zero attached hydrogens (tertiary/aromatic N) is 1. The van der Waals surface area contributed by atoms with Crippen molar-refractivity contribution in [2.45, 2.75) is 53.1 Å². The zero-order valence-electron chi connectivity index (χ0n) is 11.7. The second kappa shape index (κ2) is 4.44. The van der Waals surface area contributed by atoms with Gasteiger partial charge in [0.15, 0.2) is 0 Å². The highest BCUT2D eigenvalue weighted by atomic mass is 31.2. The molecule has 0 unspecified atom stereocenters. The Bertz CT molecular complexity index is 279. The van der Waals surface area contributed by atoms with Crippen LogP contribution in [-0.2, 0) is 9.05 Å². The van der Waals surface area contributed by atoms with E-state index in [0.717, 1.165) is 11.5 Å². The molecule has 6 heteroatoms. The minimum absolute atomic E-state index is 0.881. The van der Waals surface area contributed by atoms with E-state index in [1.807, 2.05) is 13.8 Å². The number of rotatable bonds is 3. The Balaban J connectivity index is 2.91. The van der Waals surface area contributed by atoms with Gasteiger partial charge in [0, 0.05) is 0 Å². The minimum Gasteiger partial charge on any atom is -0.429 e. The molecular weight excluding hydrogens is 253 g/mol. The summed E-state index contributed by atoms with van der Waals surface area (Å²) in [5, 5.41) is 0. The maximum Gasteiger partial charge on any atom is 0.369 e. The molecule has 3 nitrogen and oxygen atoms in total. The van der Waals surface area contributed by atoms with E-state index in [-0.39, 0.29) is 0 Å². The molecular formula is C10H24NO2PSi2. The van der Waals surface area contributed by atoms with Gasteiger partial charge in [-0.25, -0.2) is 0 Å². The lowest BCUT2D eigenvalue weighted by Gasteiger charge is -2.43. The van der Waals surface area contributed by atoms with Crippen LogP contribution in [0.1, 0.15) is 13.8 Å². The fraction of sp³-hybridized carbons (Fsp3) is 0.800. The number of hydrogen-bond donors (Lipinski definition) is 0. The van der Waals surface area contributed by atoms with Crippen molar-refractivity contribution in [1.29, 1.82) is 0 Å². The fourth-order valence-electron chi connectivity index (χ4n) is 1.96. The van der Waals surface area contributed by atoms with Gasteiger partial charge in [-0.2, -0.15) is 0 Å².